The van der Waals surface area contributed by atoms with Crippen LogP contribution in [0.2, 0.25) is 0 Å². The van der Waals surface area contributed by atoms with Crippen molar-refractivity contribution >= 4 is 22.5 Å². The summed E-state index contributed by atoms with van der Waals surface area (Å²) >= 11 is 0. The summed E-state index contributed by atoms with van der Waals surface area (Å²) in [7, 11) is 1.47. The van der Waals surface area contributed by atoms with Crippen molar-refractivity contribution < 1.29 is 9.53 Å². The molecule has 0 aromatic carbocycles. The van der Waals surface area contributed by atoms with E-state index in [1.54, 1.807) is 6.92 Å². The van der Waals surface area contributed by atoms with Gasteiger partial charge < -0.3 is 4.74 Å². The Kier molecular flexibility index (Phi) is 3.72. The number of esters is 1. The molecule has 0 aliphatic heterocycles. The van der Waals surface area contributed by atoms with Crippen LogP contribution >= 0.6 is 0 Å². The first-order valence-corrected chi connectivity index (χ1v) is 7.13. The van der Waals surface area contributed by atoms with Gasteiger partial charge in [-0.2, -0.15) is 5.10 Å². The Morgan fingerprint density at radius 1 is 1.33 bits per heavy atom. The van der Waals surface area contributed by atoms with Gasteiger partial charge in [-0.15, -0.1) is 11.7 Å². The minimum atomic E-state index is -0.758. The van der Waals surface area contributed by atoms with Gasteiger partial charge in [0, 0.05) is 13.6 Å². The van der Waals surface area contributed by atoms with Gasteiger partial charge in [0.15, 0.2) is 5.52 Å². The number of rotatable bonds is 4. The standard InChI is InChI=1S/C14H14N6O4/c1-4-6-19-10-8(7-15-18(3)12(10)21)20-11(13(19)22)9(16-17-20)14(23)24-5-2/h4,7H,1,5-6H2,2-3H3. The Bertz CT molecular complexity index is 1090. The fourth-order valence-corrected chi connectivity index (χ4v) is 2.44. The Morgan fingerprint density at radius 3 is 2.75 bits per heavy atom. The number of allylic oxidation sites excluding steroid dienone is 1. The molecule has 0 radical (unpaired) electrons. The minimum absolute atomic E-state index is 0.0714. The summed E-state index contributed by atoms with van der Waals surface area (Å²) in [6, 6.07) is 0. The van der Waals surface area contributed by atoms with Crippen LogP contribution in [0.5, 0.6) is 0 Å². The van der Waals surface area contributed by atoms with Crippen LogP contribution in [0.4, 0.5) is 0 Å². The van der Waals surface area contributed by atoms with Crippen LogP contribution in [0, 0.1) is 0 Å². The number of nitrogens with zero attached hydrogens (tertiary/aromatic N) is 6. The van der Waals surface area contributed by atoms with Crippen LogP contribution in [-0.4, -0.2) is 41.8 Å². The fourth-order valence-electron chi connectivity index (χ4n) is 2.44. The molecule has 0 aliphatic rings. The molecule has 0 atom stereocenters. The Labute approximate surface area is 134 Å². The van der Waals surface area contributed by atoms with Crippen molar-refractivity contribution in [1.29, 1.82) is 0 Å². The molecule has 0 N–H and O–H groups in total. The lowest BCUT2D eigenvalue weighted by molar-refractivity contribution is 0.0521. The molecule has 0 amide bonds. The van der Waals surface area contributed by atoms with Crippen molar-refractivity contribution in [3.05, 3.63) is 45.3 Å². The predicted octanol–water partition coefficient (Wildman–Crippen LogP) is -0.499. The van der Waals surface area contributed by atoms with Gasteiger partial charge >= 0.3 is 5.97 Å². The van der Waals surface area contributed by atoms with Crippen molar-refractivity contribution in [3.8, 4) is 0 Å². The zero-order valence-electron chi connectivity index (χ0n) is 13.1. The van der Waals surface area contributed by atoms with Crippen molar-refractivity contribution in [1.82, 2.24) is 29.2 Å². The van der Waals surface area contributed by atoms with Gasteiger partial charge in [0.1, 0.15) is 11.0 Å². The molecule has 0 spiro atoms. The first-order valence-electron chi connectivity index (χ1n) is 7.13. The number of carbonyl (C=O) groups excluding carboxylic acids is 1. The number of ether oxygens (including phenoxy) is 1. The Morgan fingerprint density at radius 2 is 2.08 bits per heavy atom. The molecule has 124 valence electrons. The number of aromatic nitrogens is 6. The molecule has 0 fully saturated rings. The van der Waals surface area contributed by atoms with E-state index in [2.05, 4.69) is 22.0 Å². The van der Waals surface area contributed by atoms with Crippen molar-refractivity contribution in [2.24, 2.45) is 7.05 Å². The molecule has 3 aromatic rings. The molecular weight excluding hydrogens is 316 g/mol. The van der Waals surface area contributed by atoms with Crippen LogP contribution in [0.3, 0.4) is 0 Å². The van der Waals surface area contributed by atoms with Gasteiger partial charge in [-0.25, -0.2) is 14.0 Å². The maximum Gasteiger partial charge on any atom is 0.361 e. The SMILES string of the molecule is C=CCn1c(=O)c2c(C(=O)OCC)nnn2c2cnn(C)c(=O)c21. The van der Waals surface area contributed by atoms with Crippen LogP contribution in [0.15, 0.2) is 28.4 Å². The summed E-state index contributed by atoms with van der Waals surface area (Å²) in [4.78, 5) is 37.3. The first kappa shape index (κ1) is 15.6. The highest BCUT2D eigenvalue weighted by Crippen LogP contribution is 2.12. The van der Waals surface area contributed by atoms with Crippen molar-refractivity contribution in [2.75, 3.05) is 6.61 Å². The van der Waals surface area contributed by atoms with E-state index in [1.165, 1.54) is 23.9 Å². The summed E-state index contributed by atoms with van der Waals surface area (Å²) in [6.07, 6.45) is 2.86. The summed E-state index contributed by atoms with van der Waals surface area (Å²) in [5.74, 6) is -0.758. The van der Waals surface area contributed by atoms with E-state index in [9.17, 15) is 14.4 Å². The lowest BCUT2D eigenvalue weighted by Gasteiger charge is -2.09. The summed E-state index contributed by atoms with van der Waals surface area (Å²) in [6.45, 7) is 5.45. The molecule has 3 heterocycles. The summed E-state index contributed by atoms with van der Waals surface area (Å²) in [5.41, 5.74) is -0.969. The molecule has 0 saturated carbocycles. The second-order valence-corrected chi connectivity index (χ2v) is 4.93. The highest BCUT2D eigenvalue weighted by Gasteiger charge is 2.24. The van der Waals surface area contributed by atoms with Crippen LogP contribution < -0.4 is 11.1 Å². The van der Waals surface area contributed by atoms with E-state index in [4.69, 9.17) is 4.74 Å². The molecular formula is C14H14N6O4. The van der Waals surface area contributed by atoms with E-state index in [1.807, 2.05) is 0 Å². The third-order valence-corrected chi connectivity index (χ3v) is 3.49. The van der Waals surface area contributed by atoms with Gasteiger partial charge in [-0.05, 0) is 6.92 Å². The monoisotopic (exact) mass is 330 g/mol. The predicted molar refractivity (Wildman–Crippen MR) is 83.9 cm³/mol. The lowest BCUT2D eigenvalue weighted by atomic mass is 10.3. The largest absolute Gasteiger partial charge is 0.461 e. The minimum Gasteiger partial charge on any atom is -0.461 e. The van der Waals surface area contributed by atoms with Crippen molar-refractivity contribution in [3.63, 3.8) is 0 Å². The maximum atomic E-state index is 12.8. The maximum absolute atomic E-state index is 12.8. The zero-order chi connectivity index (χ0) is 17.4. The van der Waals surface area contributed by atoms with Gasteiger partial charge in [-0.1, -0.05) is 11.3 Å². The van der Waals surface area contributed by atoms with E-state index in [-0.39, 0.29) is 35.4 Å². The van der Waals surface area contributed by atoms with E-state index < -0.39 is 17.1 Å². The summed E-state index contributed by atoms with van der Waals surface area (Å²) < 4.78 is 8.36. The molecule has 10 heteroatoms. The van der Waals surface area contributed by atoms with Crippen LogP contribution in [0.1, 0.15) is 17.4 Å². The first-order chi connectivity index (χ1) is 11.5. The highest BCUT2D eigenvalue weighted by atomic mass is 16.5. The number of aryl methyl sites for hydroxylation is 1. The molecule has 0 aliphatic carbocycles. The number of hydrogen-bond acceptors (Lipinski definition) is 7. The van der Waals surface area contributed by atoms with E-state index in [0.717, 1.165) is 9.20 Å². The molecule has 3 aromatic heterocycles. The molecule has 0 bridgehead atoms. The zero-order valence-corrected chi connectivity index (χ0v) is 13.1. The molecule has 10 nitrogen and oxygen atoms in total. The lowest BCUT2D eigenvalue weighted by Crippen LogP contribution is -2.31. The van der Waals surface area contributed by atoms with Gasteiger partial charge in [0.05, 0.1) is 12.8 Å². The average molecular weight is 330 g/mol. The van der Waals surface area contributed by atoms with Crippen LogP contribution in [-0.2, 0) is 18.3 Å². The van der Waals surface area contributed by atoms with Crippen molar-refractivity contribution in [2.45, 2.75) is 13.5 Å². The van der Waals surface area contributed by atoms with Crippen LogP contribution in [0.25, 0.3) is 16.6 Å². The smallest absolute Gasteiger partial charge is 0.361 e. The second-order valence-electron chi connectivity index (χ2n) is 4.93. The molecule has 0 unspecified atom stereocenters. The average Bonchev–Trinajstić information content (AvgIpc) is 3.00. The number of hydrogen-bond donors (Lipinski definition) is 0. The second kappa shape index (κ2) is 5.72. The van der Waals surface area contributed by atoms with E-state index in [0.29, 0.717) is 0 Å². The Hall–Kier alpha value is -3.30. The normalized spacial score (nSPS) is 11.1. The van der Waals surface area contributed by atoms with Gasteiger partial charge in [-0.3, -0.25) is 14.2 Å². The van der Waals surface area contributed by atoms with E-state index >= 15 is 0 Å². The topological polar surface area (TPSA) is 113 Å². The number of fused-ring (bicyclic) bond motifs is 3. The third kappa shape index (κ3) is 2.11. The Balaban J connectivity index is 2.53. The quantitative estimate of drug-likeness (QED) is 0.468. The third-order valence-electron chi connectivity index (χ3n) is 3.49. The molecule has 0 saturated heterocycles. The molecule has 24 heavy (non-hydrogen) atoms. The summed E-state index contributed by atoms with van der Waals surface area (Å²) in [5, 5.41) is 11.5. The number of carbonyl (C=O) groups is 1. The highest BCUT2D eigenvalue weighted by molar-refractivity contribution is 5.95. The molecule has 3 rings (SSSR count). The fraction of sp³-hybridized carbons (Fsp3) is 0.286. The van der Waals surface area contributed by atoms with Gasteiger partial charge in [0.25, 0.3) is 11.1 Å². The van der Waals surface area contributed by atoms with Gasteiger partial charge in [0.2, 0.25) is 5.69 Å².